The molecule has 0 bridgehead atoms. The van der Waals surface area contributed by atoms with Gasteiger partial charge >= 0.3 is 6.36 Å². The van der Waals surface area contributed by atoms with Gasteiger partial charge in [-0.15, -0.1) is 13.2 Å². The minimum absolute atomic E-state index is 0.129. The van der Waals surface area contributed by atoms with E-state index in [9.17, 15) is 22.0 Å². The van der Waals surface area contributed by atoms with Crippen molar-refractivity contribution in [2.24, 2.45) is 5.92 Å². The van der Waals surface area contributed by atoms with Crippen LogP contribution in [0.25, 0.3) is 0 Å². The minimum atomic E-state index is -5.14. The predicted molar refractivity (Wildman–Crippen MR) is 105 cm³/mol. The third-order valence-electron chi connectivity index (χ3n) is 6.55. The predicted octanol–water partition coefficient (Wildman–Crippen LogP) is 7.04. The first-order valence-electron chi connectivity index (χ1n) is 10.6. The molecule has 2 aliphatic carbocycles. The molecule has 1 nitrogen and oxygen atoms in total. The van der Waals surface area contributed by atoms with E-state index in [1.54, 1.807) is 0 Å². The first kappa shape index (κ1) is 21.1. The van der Waals surface area contributed by atoms with E-state index >= 15 is 0 Å². The maximum absolute atomic E-state index is 14.2. The SMILES string of the molecule is CCCC1CCc2c(ccc3c2CCC(c2cc(F)c(OC(F)(F)F)c(F)c2)C3)C1. The Morgan fingerprint density at radius 2 is 1.53 bits per heavy atom. The Morgan fingerprint density at radius 3 is 2.13 bits per heavy atom. The molecular weight excluding hydrogens is 399 g/mol. The molecular formula is C24H25F5O. The standard InChI is InChI=1S/C24H25F5O/c1-2-3-14-4-8-19-16(10-14)5-6-17-11-15(7-9-20(17)19)18-12-21(25)23(22(26)13-18)30-24(27,28)29/h5-6,12-15H,2-4,7-11H2,1H3. The van der Waals surface area contributed by atoms with Crippen molar-refractivity contribution in [3.05, 3.63) is 63.7 Å². The monoisotopic (exact) mass is 424 g/mol. The molecule has 2 aromatic rings. The van der Waals surface area contributed by atoms with Crippen molar-refractivity contribution < 1.29 is 26.7 Å². The molecule has 0 radical (unpaired) electrons. The summed E-state index contributed by atoms with van der Waals surface area (Å²) in [6.45, 7) is 2.22. The summed E-state index contributed by atoms with van der Waals surface area (Å²) in [6.07, 6.45) is 2.92. The maximum atomic E-state index is 14.2. The molecule has 0 saturated carbocycles. The number of halogens is 5. The van der Waals surface area contributed by atoms with Gasteiger partial charge in [-0.1, -0.05) is 31.9 Å². The fraction of sp³-hybridized carbons (Fsp3) is 0.500. The maximum Gasteiger partial charge on any atom is 0.573 e. The quantitative estimate of drug-likeness (QED) is 0.478. The van der Waals surface area contributed by atoms with Crippen LogP contribution in [0.2, 0.25) is 0 Å². The number of rotatable bonds is 4. The van der Waals surface area contributed by atoms with Crippen LogP contribution in [0.1, 0.15) is 66.3 Å². The average Bonchev–Trinajstić information content (AvgIpc) is 2.69. The molecule has 0 spiro atoms. The van der Waals surface area contributed by atoms with Gasteiger partial charge in [0.2, 0.25) is 5.75 Å². The number of fused-ring (bicyclic) bond motifs is 3. The fourth-order valence-electron chi connectivity index (χ4n) is 5.21. The van der Waals surface area contributed by atoms with Gasteiger partial charge in [-0.2, -0.15) is 0 Å². The second kappa shape index (κ2) is 8.20. The zero-order valence-corrected chi connectivity index (χ0v) is 16.9. The molecule has 2 atom stereocenters. The van der Waals surface area contributed by atoms with Crippen molar-refractivity contribution in [3.63, 3.8) is 0 Å². The van der Waals surface area contributed by atoms with E-state index in [1.807, 2.05) is 0 Å². The van der Waals surface area contributed by atoms with Gasteiger partial charge < -0.3 is 4.74 Å². The molecule has 6 heteroatoms. The van der Waals surface area contributed by atoms with E-state index in [4.69, 9.17) is 0 Å². The molecule has 0 aromatic heterocycles. The third-order valence-corrected chi connectivity index (χ3v) is 6.55. The average molecular weight is 424 g/mol. The molecule has 162 valence electrons. The summed E-state index contributed by atoms with van der Waals surface area (Å²) in [7, 11) is 0. The van der Waals surface area contributed by atoms with Crippen LogP contribution in [0, 0.1) is 17.6 Å². The third kappa shape index (κ3) is 4.33. The van der Waals surface area contributed by atoms with Crippen LogP contribution < -0.4 is 4.74 Å². The second-order valence-electron chi connectivity index (χ2n) is 8.54. The largest absolute Gasteiger partial charge is 0.573 e. The molecule has 2 aliphatic rings. The molecule has 0 aliphatic heterocycles. The molecule has 0 amide bonds. The van der Waals surface area contributed by atoms with Gasteiger partial charge in [0.25, 0.3) is 0 Å². The topological polar surface area (TPSA) is 9.23 Å². The Hall–Kier alpha value is -2.11. The zero-order chi connectivity index (χ0) is 21.5. The van der Waals surface area contributed by atoms with Crippen LogP contribution >= 0.6 is 0 Å². The summed E-state index contributed by atoms with van der Waals surface area (Å²) in [5.74, 6) is -3.41. The molecule has 2 unspecified atom stereocenters. The van der Waals surface area contributed by atoms with E-state index in [0.717, 1.165) is 43.7 Å². The van der Waals surface area contributed by atoms with E-state index in [-0.39, 0.29) is 5.92 Å². The van der Waals surface area contributed by atoms with Gasteiger partial charge in [0, 0.05) is 0 Å². The van der Waals surface area contributed by atoms with Gasteiger partial charge in [0.1, 0.15) is 0 Å². The minimum Gasteiger partial charge on any atom is -0.399 e. The van der Waals surface area contributed by atoms with E-state index in [2.05, 4.69) is 23.8 Å². The van der Waals surface area contributed by atoms with Crippen molar-refractivity contribution >= 4 is 0 Å². The molecule has 0 saturated heterocycles. The number of ether oxygens (including phenoxy) is 1. The van der Waals surface area contributed by atoms with E-state index in [0.29, 0.717) is 12.0 Å². The highest BCUT2D eigenvalue weighted by molar-refractivity contribution is 5.46. The Labute approximate surface area is 173 Å². The van der Waals surface area contributed by atoms with Gasteiger partial charge in [0.15, 0.2) is 11.6 Å². The lowest BCUT2D eigenvalue weighted by molar-refractivity contribution is -0.276. The Kier molecular flexibility index (Phi) is 5.78. The fourth-order valence-corrected chi connectivity index (χ4v) is 5.21. The molecule has 2 aromatic carbocycles. The summed E-state index contributed by atoms with van der Waals surface area (Å²) in [5, 5.41) is 0. The number of benzene rings is 2. The molecule has 0 heterocycles. The van der Waals surface area contributed by atoms with Crippen LogP contribution in [0.15, 0.2) is 24.3 Å². The zero-order valence-electron chi connectivity index (χ0n) is 16.9. The van der Waals surface area contributed by atoms with Crippen molar-refractivity contribution in [2.75, 3.05) is 0 Å². The Bertz CT molecular complexity index is 911. The molecule has 0 N–H and O–H groups in total. The van der Waals surface area contributed by atoms with Crippen molar-refractivity contribution in [3.8, 4) is 5.75 Å². The van der Waals surface area contributed by atoms with Crippen LogP contribution in [-0.4, -0.2) is 6.36 Å². The summed E-state index contributed by atoms with van der Waals surface area (Å²) in [4.78, 5) is 0. The summed E-state index contributed by atoms with van der Waals surface area (Å²) in [6, 6.07) is 6.28. The highest BCUT2D eigenvalue weighted by Gasteiger charge is 2.35. The van der Waals surface area contributed by atoms with Crippen LogP contribution in [-0.2, 0) is 25.7 Å². The summed E-state index contributed by atoms with van der Waals surface area (Å²) in [5.41, 5.74) is 5.82. The van der Waals surface area contributed by atoms with Gasteiger partial charge in [-0.3, -0.25) is 0 Å². The Morgan fingerprint density at radius 1 is 0.933 bits per heavy atom. The lowest BCUT2D eigenvalue weighted by Crippen LogP contribution is -2.21. The van der Waals surface area contributed by atoms with Crippen molar-refractivity contribution in [1.29, 1.82) is 0 Å². The highest BCUT2D eigenvalue weighted by atomic mass is 19.4. The van der Waals surface area contributed by atoms with E-state index < -0.39 is 23.7 Å². The summed E-state index contributed by atoms with van der Waals surface area (Å²) >= 11 is 0. The van der Waals surface area contributed by atoms with Crippen LogP contribution in [0.4, 0.5) is 22.0 Å². The van der Waals surface area contributed by atoms with Crippen LogP contribution in [0.3, 0.4) is 0 Å². The van der Waals surface area contributed by atoms with Crippen molar-refractivity contribution in [2.45, 2.75) is 70.6 Å². The van der Waals surface area contributed by atoms with Gasteiger partial charge in [-0.05, 0) is 90.3 Å². The second-order valence-corrected chi connectivity index (χ2v) is 8.54. The summed E-state index contributed by atoms with van der Waals surface area (Å²) < 4.78 is 68.9. The lowest BCUT2D eigenvalue weighted by Gasteiger charge is -2.32. The number of hydrogen-bond acceptors (Lipinski definition) is 1. The lowest BCUT2D eigenvalue weighted by atomic mass is 9.73. The first-order chi connectivity index (χ1) is 14.2. The van der Waals surface area contributed by atoms with Crippen molar-refractivity contribution in [1.82, 2.24) is 0 Å². The molecule has 4 rings (SSSR count). The first-order valence-corrected chi connectivity index (χ1v) is 10.6. The highest BCUT2D eigenvalue weighted by Crippen LogP contribution is 2.40. The molecule has 0 fully saturated rings. The van der Waals surface area contributed by atoms with E-state index in [1.165, 1.54) is 41.5 Å². The van der Waals surface area contributed by atoms with Crippen LogP contribution in [0.5, 0.6) is 5.75 Å². The molecule has 30 heavy (non-hydrogen) atoms. The number of hydrogen-bond donors (Lipinski definition) is 0. The smallest absolute Gasteiger partial charge is 0.399 e. The van der Waals surface area contributed by atoms with Gasteiger partial charge in [-0.25, -0.2) is 8.78 Å². The number of alkyl halides is 3. The normalized spacial score (nSPS) is 21.1. The Balaban J connectivity index is 1.55. The van der Waals surface area contributed by atoms with Gasteiger partial charge in [0.05, 0.1) is 0 Å².